The second-order valence-electron chi connectivity index (χ2n) is 5.79. The number of nitrogens with zero attached hydrogens (tertiary/aromatic N) is 2. The van der Waals surface area contributed by atoms with E-state index in [1.165, 1.54) is 0 Å². The number of aliphatic carboxylic acids is 1. The van der Waals surface area contributed by atoms with E-state index < -0.39 is 11.5 Å². The summed E-state index contributed by atoms with van der Waals surface area (Å²) in [6.07, 6.45) is 1.98. The largest absolute Gasteiger partial charge is 0.480 e. The summed E-state index contributed by atoms with van der Waals surface area (Å²) in [5.74, 6) is -0.762. The van der Waals surface area contributed by atoms with Crippen molar-refractivity contribution >= 4 is 5.97 Å². The summed E-state index contributed by atoms with van der Waals surface area (Å²) in [6.45, 7) is 10.6. The van der Waals surface area contributed by atoms with E-state index in [1.54, 1.807) is 0 Å². The number of hydrogen-bond donors (Lipinski definition) is 2. The van der Waals surface area contributed by atoms with E-state index in [1.807, 2.05) is 45.4 Å². The number of aromatic nitrogens is 2. The number of carboxylic acids is 1. The molecule has 0 spiro atoms. The Morgan fingerprint density at radius 3 is 2.55 bits per heavy atom. The molecular formula is C15H27N3O2. The maximum Gasteiger partial charge on any atom is 0.323 e. The van der Waals surface area contributed by atoms with Crippen LogP contribution in [-0.4, -0.2) is 32.4 Å². The quantitative estimate of drug-likeness (QED) is 0.768. The van der Waals surface area contributed by atoms with Crippen LogP contribution in [0.2, 0.25) is 0 Å². The standard InChI is InChI=1S/C15H27N3O2/c1-6-15(14(19)20,16-11(2)3)8-7-9-18-13(5)10-12(4)17-18/h10-11,16H,6-9H2,1-5H3,(H,19,20). The molecule has 0 aliphatic heterocycles. The van der Waals surface area contributed by atoms with Gasteiger partial charge in [0, 0.05) is 18.3 Å². The van der Waals surface area contributed by atoms with Crippen LogP contribution in [0.4, 0.5) is 0 Å². The summed E-state index contributed by atoms with van der Waals surface area (Å²) >= 11 is 0. The number of nitrogens with one attached hydrogen (secondary N) is 1. The Morgan fingerprint density at radius 2 is 2.15 bits per heavy atom. The molecule has 2 N–H and O–H groups in total. The lowest BCUT2D eigenvalue weighted by atomic mass is 9.89. The van der Waals surface area contributed by atoms with Crippen LogP contribution in [0.1, 0.15) is 51.4 Å². The predicted octanol–water partition coefficient (Wildman–Crippen LogP) is 2.51. The zero-order valence-electron chi connectivity index (χ0n) is 13.2. The van der Waals surface area contributed by atoms with Crippen molar-refractivity contribution in [3.8, 4) is 0 Å². The SMILES string of the molecule is CCC(CCCn1nc(C)cc1C)(NC(C)C)C(=O)O. The van der Waals surface area contributed by atoms with Crippen LogP contribution >= 0.6 is 0 Å². The summed E-state index contributed by atoms with van der Waals surface area (Å²) in [5, 5.41) is 17.2. The molecule has 1 heterocycles. The van der Waals surface area contributed by atoms with Crippen LogP contribution in [0.3, 0.4) is 0 Å². The van der Waals surface area contributed by atoms with Crippen molar-refractivity contribution in [2.24, 2.45) is 0 Å². The van der Waals surface area contributed by atoms with E-state index >= 15 is 0 Å². The fraction of sp³-hybridized carbons (Fsp3) is 0.733. The van der Waals surface area contributed by atoms with Gasteiger partial charge in [-0.15, -0.1) is 0 Å². The van der Waals surface area contributed by atoms with Gasteiger partial charge >= 0.3 is 5.97 Å². The lowest BCUT2D eigenvalue weighted by Gasteiger charge is -2.31. The van der Waals surface area contributed by atoms with Crippen molar-refractivity contribution in [1.82, 2.24) is 15.1 Å². The summed E-state index contributed by atoms with van der Waals surface area (Å²) in [5.41, 5.74) is 1.30. The van der Waals surface area contributed by atoms with Crippen LogP contribution in [0.25, 0.3) is 0 Å². The highest BCUT2D eigenvalue weighted by Crippen LogP contribution is 2.20. The molecule has 1 rings (SSSR count). The molecule has 0 radical (unpaired) electrons. The van der Waals surface area contributed by atoms with E-state index in [0.717, 1.165) is 24.4 Å². The molecule has 5 nitrogen and oxygen atoms in total. The average Bonchev–Trinajstić information content (AvgIpc) is 2.65. The van der Waals surface area contributed by atoms with E-state index in [2.05, 4.69) is 10.4 Å². The van der Waals surface area contributed by atoms with Crippen LogP contribution in [0, 0.1) is 13.8 Å². The molecule has 1 atom stereocenters. The number of hydrogen-bond acceptors (Lipinski definition) is 3. The van der Waals surface area contributed by atoms with E-state index in [9.17, 15) is 9.90 Å². The fourth-order valence-corrected chi connectivity index (χ4v) is 2.66. The normalized spacial score (nSPS) is 14.5. The first-order chi connectivity index (χ1) is 9.30. The molecule has 114 valence electrons. The summed E-state index contributed by atoms with van der Waals surface area (Å²) in [6, 6.07) is 2.19. The van der Waals surface area contributed by atoms with Gasteiger partial charge < -0.3 is 5.11 Å². The van der Waals surface area contributed by atoms with Gasteiger partial charge in [-0.1, -0.05) is 6.92 Å². The Hall–Kier alpha value is -1.36. The van der Waals surface area contributed by atoms with Crippen LogP contribution in [0.5, 0.6) is 0 Å². The van der Waals surface area contributed by atoms with Crippen LogP contribution < -0.4 is 5.32 Å². The Kier molecular flexibility index (Phi) is 5.74. The van der Waals surface area contributed by atoms with Crippen molar-refractivity contribution in [2.75, 3.05) is 0 Å². The van der Waals surface area contributed by atoms with Crippen molar-refractivity contribution in [1.29, 1.82) is 0 Å². The van der Waals surface area contributed by atoms with Crippen molar-refractivity contribution in [3.63, 3.8) is 0 Å². The highest BCUT2D eigenvalue weighted by Gasteiger charge is 2.36. The molecule has 1 unspecified atom stereocenters. The molecule has 0 aliphatic carbocycles. The third-order valence-electron chi connectivity index (χ3n) is 3.65. The molecule has 0 amide bonds. The Labute approximate surface area is 121 Å². The topological polar surface area (TPSA) is 67.2 Å². The fourth-order valence-electron chi connectivity index (χ4n) is 2.66. The molecule has 0 bridgehead atoms. The van der Waals surface area contributed by atoms with Gasteiger partial charge in [0.25, 0.3) is 0 Å². The predicted molar refractivity (Wildman–Crippen MR) is 79.9 cm³/mol. The van der Waals surface area contributed by atoms with Crippen molar-refractivity contribution in [3.05, 3.63) is 17.5 Å². The molecule has 20 heavy (non-hydrogen) atoms. The zero-order valence-corrected chi connectivity index (χ0v) is 13.2. The van der Waals surface area contributed by atoms with Gasteiger partial charge in [-0.25, -0.2) is 0 Å². The van der Waals surface area contributed by atoms with Gasteiger partial charge in [0.1, 0.15) is 5.54 Å². The van der Waals surface area contributed by atoms with Gasteiger partial charge in [0.05, 0.1) is 5.69 Å². The highest BCUT2D eigenvalue weighted by molar-refractivity contribution is 5.78. The van der Waals surface area contributed by atoms with Gasteiger partial charge in [0.2, 0.25) is 0 Å². The van der Waals surface area contributed by atoms with Gasteiger partial charge in [-0.3, -0.25) is 14.8 Å². The first kappa shape index (κ1) is 16.7. The first-order valence-corrected chi connectivity index (χ1v) is 7.33. The minimum Gasteiger partial charge on any atom is -0.480 e. The molecule has 0 saturated carbocycles. The van der Waals surface area contributed by atoms with E-state index in [4.69, 9.17) is 0 Å². The number of aryl methyl sites for hydroxylation is 3. The summed E-state index contributed by atoms with van der Waals surface area (Å²) in [7, 11) is 0. The highest BCUT2D eigenvalue weighted by atomic mass is 16.4. The monoisotopic (exact) mass is 281 g/mol. The third-order valence-corrected chi connectivity index (χ3v) is 3.65. The first-order valence-electron chi connectivity index (χ1n) is 7.33. The zero-order chi connectivity index (χ0) is 15.3. The van der Waals surface area contributed by atoms with Crippen molar-refractivity contribution in [2.45, 2.75) is 72.0 Å². The lowest BCUT2D eigenvalue weighted by Crippen LogP contribution is -2.54. The number of carbonyl (C=O) groups is 1. The van der Waals surface area contributed by atoms with Crippen LogP contribution in [-0.2, 0) is 11.3 Å². The Balaban J connectivity index is 2.67. The van der Waals surface area contributed by atoms with Crippen molar-refractivity contribution < 1.29 is 9.90 Å². The van der Waals surface area contributed by atoms with E-state index in [-0.39, 0.29) is 6.04 Å². The minimum absolute atomic E-state index is 0.153. The van der Waals surface area contributed by atoms with Gasteiger partial charge in [0.15, 0.2) is 0 Å². The second-order valence-corrected chi connectivity index (χ2v) is 5.79. The molecule has 0 aromatic carbocycles. The molecule has 5 heteroatoms. The lowest BCUT2D eigenvalue weighted by molar-refractivity contribution is -0.145. The maximum absolute atomic E-state index is 11.6. The minimum atomic E-state index is -0.829. The summed E-state index contributed by atoms with van der Waals surface area (Å²) < 4.78 is 1.95. The van der Waals surface area contributed by atoms with Gasteiger partial charge in [-0.2, -0.15) is 5.10 Å². The second kappa shape index (κ2) is 6.88. The maximum atomic E-state index is 11.6. The molecule has 0 saturated heterocycles. The molecule has 1 aromatic rings. The van der Waals surface area contributed by atoms with E-state index in [0.29, 0.717) is 12.8 Å². The average molecular weight is 281 g/mol. The molecule has 1 aromatic heterocycles. The van der Waals surface area contributed by atoms with Gasteiger partial charge in [-0.05, 0) is 53.0 Å². The summed E-state index contributed by atoms with van der Waals surface area (Å²) in [4.78, 5) is 11.6. The molecule has 0 aliphatic rings. The number of carboxylic acid groups (broad SMARTS) is 1. The Morgan fingerprint density at radius 1 is 1.50 bits per heavy atom. The number of rotatable bonds is 8. The molecule has 0 fully saturated rings. The van der Waals surface area contributed by atoms with Crippen LogP contribution in [0.15, 0.2) is 6.07 Å². The smallest absolute Gasteiger partial charge is 0.323 e. The Bertz CT molecular complexity index is 454. The molecular weight excluding hydrogens is 254 g/mol. The third kappa shape index (κ3) is 4.07.